The smallest absolute Gasteiger partial charge is 0.408 e. The number of rotatable bonds is 11. The highest BCUT2D eigenvalue weighted by Crippen LogP contribution is 2.22. The van der Waals surface area contributed by atoms with Crippen molar-refractivity contribution in [2.24, 2.45) is 0 Å². The molecule has 8 nitrogen and oxygen atoms in total. The number of unbranched alkanes of at least 4 members (excludes halogenated alkanes) is 2. The van der Waals surface area contributed by atoms with Crippen molar-refractivity contribution in [2.75, 3.05) is 20.2 Å². The molecule has 1 rings (SSSR count). The van der Waals surface area contributed by atoms with Gasteiger partial charge in [-0.25, -0.2) is 4.79 Å². The van der Waals surface area contributed by atoms with E-state index in [-0.39, 0.29) is 5.91 Å². The summed E-state index contributed by atoms with van der Waals surface area (Å²) in [5, 5.41) is 15.0. The summed E-state index contributed by atoms with van der Waals surface area (Å²) in [6.07, 6.45) is 2.92. The number of nitrogens with zero attached hydrogens (tertiary/aromatic N) is 1. The minimum Gasteiger partial charge on any atom is -0.444 e. The van der Waals surface area contributed by atoms with Crippen LogP contribution in [-0.4, -0.2) is 59.8 Å². The maximum Gasteiger partial charge on any atom is 0.408 e. The lowest BCUT2D eigenvalue weighted by atomic mass is 10.0. The van der Waals surface area contributed by atoms with Gasteiger partial charge in [0.2, 0.25) is 11.8 Å². The molecule has 0 radical (unpaired) electrons. The second-order valence-corrected chi connectivity index (χ2v) is 8.83. The number of likely N-dealkylation sites (N-methyl/N-ethyl adjacent to an activating group) is 1. The molecule has 0 aliphatic heterocycles. The minimum absolute atomic E-state index is 0.310. The van der Waals surface area contributed by atoms with Crippen molar-refractivity contribution < 1.29 is 24.2 Å². The second kappa shape index (κ2) is 13.1. The van der Waals surface area contributed by atoms with Crippen LogP contribution in [-0.2, 0) is 20.7 Å². The Morgan fingerprint density at radius 2 is 1.72 bits per heavy atom. The van der Waals surface area contributed by atoms with Gasteiger partial charge in [-0.05, 0) is 44.7 Å². The van der Waals surface area contributed by atoms with Gasteiger partial charge in [0.1, 0.15) is 17.7 Å². The predicted molar refractivity (Wildman–Crippen MR) is 124 cm³/mol. The Morgan fingerprint density at radius 1 is 1.09 bits per heavy atom. The molecule has 2 unspecified atom stereocenters. The number of benzene rings is 1. The fraction of sp³-hybridized carbons (Fsp3) is 0.625. The first kappa shape index (κ1) is 27.4. The normalized spacial score (nSPS) is 13.1. The van der Waals surface area contributed by atoms with Crippen LogP contribution in [0, 0.1) is 0 Å². The van der Waals surface area contributed by atoms with Gasteiger partial charge in [-0.3, -0.25) is 9.59 Å². The number of ether oxygens (including phenoxy) is 1. The molecule has 0 aromatic heterocycles. The topological polar surface area (TPSA) is 108 Å². The quantitative estimate of drug-likeness (QED) is 0.450. The van der Waals surface area contributed by atoms with E-state index in [2.05, 4.69) is 17.6 Å². The monoisotopic (exact) mass is 449 g/mol. The van der Waals surface area contributed by atoms with E-state index >= 15 is 0 Å². The van der Waals surface area contributed by atoms with E-state index in [9.17, 15) is 19.5 Å². The summed E-state index contributed by atoms with van der Waals surface area (Å²) >= 11 is 0. The van der Waals surface area contributed by atoms with Crippen LogP contribution in [0.15, 0.2) is 24.3 Å². The molecule has 3 amide bonds. The highest BCUT2D eigenvalue weighted by Gasteiger charge is 2.33. The molecule has 32 heavy (non-hydrogen) atoms. The molecule has 0 bridgehead atoms. The molecule has 0 aliphatic carbocycles. The molecule has 2 atom stereocenters. The fourth-order valence-electron chi connectivity index (χ4n) is 3.18. The van der Waals surface area contributed by atoms with Crippen LogP contribution < -0.4 is 10.6 Å². The van der Waals surface area contributed by atoms with Gasteiger partial charge in [0.25, 0.3) is 0 Å². The lowest BCUT2D eigenvalue weighted by Crippen LogP contribution is -2.53. The first-order chi connectivity index (χ1) is 15.0. The van der Waals surface area contributed by atoms with Gasteiger partial charge in [-0.15, -0.1) is 0 Å². The molecule has 3 N–H and O–H groups in total. The first-order valence-corrected chi connectivity index (χ1v) is 11.3. The molecule has 1 aromatic rings. The Kier molecular flexibility index (Phi) is 11.2. The van der Waals surface area contributed by atoms with Crippen molar-refractivity contribution >= 4 is 17.9 Å². The van der Waals surface area contributed by atoms with Crippen LogP contribution in [0.1, 0.15) is 71.0 Å². The van der Waals surface area contributed by atoms with E-state index in [4.69, 9.17) is 4.74 Å². The number of carbonyl (C=O) groups excluding carboxylic acids is 3. The summed E-state index contributed by atoms with van der Waals surface area (Å²) in [7, 11) is 1.49. The summed E-state index contributed by atoms with van der Waals surface area (Å²) in [4.78, 5) is 39.5. The molecule has 0 aliphatic rings. The maximum atomic E-state index is 13.1. The van der Waals surface area contributed by atoms with Gasteiger partial charge >= 0.3 is 6.09 Å². The molecule has 1 aromatic carbocycles. The molecular formula is C24H39N3O5. The molecule has 8 heteroatoms. The van der Waals surface area contributed by atoms with Crippen molar-refractivity contribution in [1.82, 2.24) is 15.5 Å². The number of nitrogens with one attached hydrogen (secondary N) is 2. The van der Waals surface area contributed by atoms with Crippen molar-refractivity contribution in [2.45, 2.75) is 78.0 Å². The van der Waals surface area contributed by atoms with Crippen LogP contribution in [0.5, 0.6) is 0 Å². The first-order valence-electron chi connectivity index (χ1n) is 11.3. The second-order valence-electron chi connectivity index (χ2n) is 8.83. The number of aliphatic hydroxyl groups is 1. The number of amides is 3. The van der Waals surface area contributed by atoms with Gasteiger partial charge in [-0.1, -0.05) is 51.0 Å². The Labute approximate surface area is 191 Å². The molecule has 0 saturated carbocycles. The van der Waals surface area contributed by atoms with Crippen molar-refractivity contribution in [3.63, 3.8) is 0 Å². The Bertz CT molecular complexity index is 743. The summed E-state index contributed by atoms with van der Waals surface area (Å²) < 4.78 is 5.18. The van der Waals surface area contributed by atoms with Crippen LogP contribution in [0.3, 0.4) is 0 Å². The van der Waals surface area contributed by atoms with Crippen LogP contribution in [0.25, 0.3) is 0 Å². The summed E-state index contributed by atoms with van der Waals surface area (Å²) in [5.41, 5.74) is 1.02. The fourth-order valence-corrected chi connectivity index (χ4v) is 3.18. The number of hydrogen-bond acceptors (Lipinski definition) is 5. The molecular weight excluding hydrogens is 410 g/mol. The van der Waals surface area contributed by atoms with E-state index in [1.807, 2.05) is 31.2 Å². The van der Waals surface area contributed by atoms with Crippen molar-refractivity contribution in [3.8, 4) is 0 Å². The van der Waals surface area contributed by atoms with Crippen LogP contribution in [0.4, 0.5) is 4.79 Å². The number of alkyl carbamates (subject to hydrolysis) is 1. The lowest BCUT2D eigenvalue weighted by Gasteiger charge is -2.31. The highest BCUT2D eigenvalue weighted by molar-refractivity contribution is 5.92. The average molecular weight is 450 g/mol. The highest BCUT2D eigenvalue weighted by atomic mass is 16.6. The molecule has 0 fully saturated rings. The summed E-state index contributed by atoms with van der Waals surface area (Å²) in [6, 6.07) is 5.37. The zero-order valence-corrected chi connectivity index (χ0v) is 20.2. The third-order valence-corrected chi connectivity index (χ3v) is 4.94. The third-order valence-electron chi connectivity index (χ3n) is 4.94. The summed E-state index contributed by atoms with van der Waals surface area (Å²) in [6.45, 7) is 9.11. The standard InChI is InChI=1S/C24H39N3O5/c1-7-9-10-15-25-21(29)20(18-13-11-17(8-2)12-14-18)27(6)22(30)19(16-28)26-23(31)32-24(3,4)5/h11-14,19-20,28H,7-10,15-16H2,1-6H3,(H,25,29)(H,26,31). The van der Waals surface area contributed by atoms with Crippen molar-refractivity contribution in [3.05, 3.63) is 35.4 Å². The number of aryl methyl sites for hydroxylation is 1. The van der Waals surface area contributed by atoms with Crippen molar-refractivity contribution in [1.29, 1.82) is 0 Å². The number of carbonyl (C=O) groups is 3. The molecule has 180 valence electrons. The van der Waals surface area contributed by atoms with Crippen LogP contribution >= 0.6 is 0 Å². The number of hydrogen-bond donors (Lipinski definition) is 3. The SMILES string of the molecule is CCCCCNC(=O)C(c1ccc(CC)cc1)N(C)C(=O)C(CO)NC(=O)OC(C)(C)C. The zero-order valence-electron chi connectivity index (χ0n) is 20.2. The van der Waals surface area contributed by atoms with E-state index in [0.29, 0.717) is 12.1 Å². The predicted octanol–water partition coefficient (Wildman–Crippen LogP) is 2.94. The molecule has 0 heterocycles. The zero-order chi connectivity index (χ0) is 24.3. The average Bonchev–Trinajstić information content (AvgIpc) is 2.74. The summed E-state index contributed by atoms with van der Waals surface area (Å²) in [5.74, 6) is -0.901. The van der Waals surface area contributed by atoms with Gasteiger partial charge in [0, 0.05) is 13.6 Å². The van der Waals surface area contributed by atoms with E-state index in [0.717, 1.165) is 31.2 Å². The Balaban J connectivity index is 3.07. The van der Waals surface area contributed by atoms with E-state index in [1.165, 1.54) is 11.9 Å². The third kappa shape index (κ3) is 8.86. The van der Waals surface area contributed by atoms with E-state index < -0.39 is 36.3 Å². The Hall–Kier alpha value is -2.61. The largest absolute Gasteiger partial charge is 0.444 e. The van der Waals surface area contributed by atoms with E-state index in [1.54, 1.807) is 20.8 Å². The Morgan fingerprint density at radius 3 is 2.22 bits per heavy atom. The maximum absolute atomic E-state index is 13.1. The van der Waals surface area contributed by atoms with Gasteiger partial charge in [0.05, 0.1) is 6.61 Å². The molecule has 0 spiro atoms. The lowest BCUT2D eigenvalue weighted by molar-refractivity contribution is -0.141. The van der Waals surface area contributed by atoms with Gasteiger partial charge in [-0.2, -0.15) is 0 Å². The minimum atomic E-state index is -1.24. The van der Waals surface area contributed by atoms with Gasteiger partial charge < -0.3 is 25.4 Å². The molecule has 0 saturated heterocycles. The van der Waals surface area contributed by atoms with Crippen LogP contribution in [0.2, 0.25) is 0 Å². The van der Waals surface area contributed by atoms with Gasteiger partial charge in [0.15, 0.2) is 0 Å². The number of aliphatic hydroxyl groups excluding tert-OH is 1.